The normalized spacial score (nSPS) is 11.3. The fourth-order valence-corrected chi connectivity index (χ4v) is 2.71. The first kappa shape index (κ1) is 15.6. The second-order valence-corrected chi connectivity index (χ2v) is 5.47. The highest BCUT2D eigenvalue weighted by atomic mass is 16.5. The fraction of sp³-hybridized carbons (Fsp3) is 0.100. The lowest BCUT2D eigenvalue weighted by Gasteiger charge is -2.02. The zero-order valence-corrected chi connectivity index (χ0v) is 13.5. The number of ether oxygens (including phenoxy) is 1. The van der Waals surface area contributed by atoms with Crippen LogP contribution in [-0.2, 0) is 0 Å². The van der Waals surface area contributed by atoms with Gasteiger partial charge in [-0.2, -0.15) is 5.26 Å². The van der Waals surface area contributed by atoms with Crippen LogP contribution in [0.3, 0.4) is 0 Å². The third kappa shape index (κ3) is 2.80. The zero-order valence-electron chi connectivity index (χ0n) is 13.5. The molecule has 1 aromatic heterocycles. The van der Waals surface area contributed by atoms with Crippen LogP contribution in [0.4, 0.5) is 0 Å². The van der Waals surface area contributed by atoms with Crippen LogP contribution in [0.5, 0.6) is 5.75 Å². The molecule has 0 saturated heterocycles. The molecule has 1 heterocycles. The minimum absolute atomic E-state index is 0.101. The van der Waals surface area contributed by atoms with Crippen molar-refractivity contribution in [2.75, 3.05) is 7.11 Å². The van der Waals surface area contributed by atoms with E-state index in [2.05, 4.69) is 4.98 Å². The number of methoxy groups -OCH3 is 1. The van der Waals surface area contributed by atoms with E-state index in [1.165, 1.54) is 0 Å². The number of aromatic nitrogens is 1. The molecule has 24 heavy (non-hydrogen) atoms. The summed E-state index contributed by atoms with van der Waals surface area (Å²) in [5.74, 6) is 0.443. The molecule has 0 bridgehead atoms. The number of fused-ring (bicyclic) bond motifs is 1. The highest BCUT2D eigenvalue weighted by Gasteiger charge is 2.17. The Morgan fingerprint density at radius 3 is 2.62 bits per heavy atom. The summed E-state index contributed by atoms with van der Waals surface area (Å²) < 4.78 is 5.11. The van der Waals surface area contributed by atoms with E-state index in [0.717, 1.165) is 27.8 Å². The summed E-state index contributed by atoms with van der Waals surface area (Å²) in [6.45, 7) is 1.95. The second kappa shape index (κ2) is 6.43. The Bertz CT molecular complexity index is 973. The van der Waals surface area contributed by atoms with Crippen LogP contribution in [-0.4, -0.2) is 17.9 Å². The number of allylic oxidation sites excluding steroid dienone is 1. The quantitative estimate of drug-likeness (QED) is 0.444. The van der Waals surface area contributed by atoms with E-state index >= 15 is 0 Å². The molecule has 3 rings (SSSR count). The molecule has 118 valence electrons. The number of carbonyl (C=O) groups excluding carboxylic acids is 1. The number of rotatable bonds is 4. The van der Waals surface area contributed by atoms with E-state index in [1.807, 2.05) is 43.3 Å². The van der Waals surface area contributed by atoms with Crippen molar-refractivity contribution in [3.8, 4) is 11.8 Å². The Labute approximate surface area is 140 Å². The van der Waals surface area contributed by atoms with Gasteiger partial charge in [-0.25, -0.2) is 0 Å². The Kier molecular flexibility index (Phi) is 4.17. The number of H-pyrrole nitrogens is 1. The monoisotopic (exact) mass is 316 g/mol. The molecule has 0 unspecified atom stereocenters. The van der Waals surface area contributed by atoms with Gasteiger partial charge in [-0.1, -0.05) is 24.3 Å². The lowest BCUT2D eigenvalue weighted by Crippen LogP contribution is -2.01. The highest BCUT2D eigenvalue weighted by molar-refractivity contribution is 6.20. The Morgan fingerprint density at radius 2 is 1.96 bits per heavy atom. The minimum Gasteiger partial charge on any atom is -0.497 e. The SMILES string of the molecule is COc1ccc(C=C(C#N)C(=O)c2c[nH]c3cccc(C)c23)cc1. The number of ketones is 1. The van der Waals surface area contributed by atoms with Crippen molar-refractivity contribution in [3.05, 3.63) is 70.9 Å². The molecule has 2 aromatic carbocycles. The van der Waals surface area contributed by atoms with Crippen molar-refractivity contribution in [2.24, 2.45) is 0 Å². The van der Waals surface area contributed by atoms with Gasteiger partial charge in [-0.3, -0.25) is 4.79 Å². The zero-order chi connectivity index (χ0) is 17.1. The molecule has 0 atom stereocenters. The molecule has 1 N–H and O–H groups in total. The molecule has 0 saturated carbocycles. The average Bonchev–Trinajstić information content (AvgIpc) is 3.05. The third-order valence-electron chi connectivity index (χ3n) is 3.95. The lowest BCUT2D eigenvalue weighted by molar-refractivity contribution is 0.104. The van der Waals surface area contributed by atoms with Crippen LogP contribution in [0.25, 0.3) is 17.0 Å². The fourth-order valence-electron chi connectivity index (χ4n) is 2.71. The molecule has 3 aromatic rings. The number of aryl methyl sites for hydroxylation is 1. The number of carbonyl (C=O) groups is 1. The van der Waals surface area contributed by atoms with Crippen LogP contribution in [0.2, 0.25) is 0 Å². The molecular weight excluding hydrogens is 300 g/mol. The minimum atomic E-state index is -0.283. The van der Waals surface area contributed by atoms with Crippen molar-refractivity contribution in [1.82, 2.24) is 4.98 Å². The molecule has 0 aliphatic carbocycles. The predicted molar refractivity (Wildman–Crippen MR) is 94.0 cm³/mol. The van der Waals surface area contributed by atoms with Crippen LogP contribution >= 0.6 is 0 Å². The molecular formula is C20H16N2O2. The van der Waals surface area contributed by atoms with Crippen molar-refractivity contribution >= 4 is 22.8 Å². The van der Waals surface area contributed by atoms with Gasteiger partial charge < -0.3 is 9.72 Å². The van der Waals surface area contributed by atoms with Crippen LogP contribution in [0.15, 0.2) is 54.2 Å². The molecule has 0 spiro atoms. The highest BCUT2D eigenvalue weighted by Crippen LogP contribution is 2.25. The first-order valence-corrected chi connectivity index (χ1v) is 7.51. The van der Waals surface area contributed by atoms with Gasteiger partial charge in [0, 0.05) is 22.7 Å². The van der Waals surface area contributed by atoms with E-state index < -0.39 is 0 Å². The van der Waals surface area contributed by atoms with E-state index in [0.29, 0.717) is 5.56 Å². The van der Waals surface area contributed by atoms with E-state index in [9.17, 15) is 10.1 Å². The first-order valence-electron chi connectivity index (χ1n) is 7.51. The number of nitrogens with zero attached hydrogens (tertiary/aromatic N) is 1. The molecule has 0 aliphatic heterocycles. The maximum Gasteiger partial charge on any atom is 0.205 e. The first-order chi connectivity index (χ1) is 11.6. The van der Waals surface area contributed by atoms with Crippen molar-refractivity contribution in [3.63, 3.8) is 0 Å². The van der Waals surface area contributed by atoms with Gasteiger partial charge in [-0.05, 0) is 42.3 Å². The Balaban J connectivity index is 2.02. The summed E-state index contributed by atoms with van der Waals surface area (Å²) in [4.78, 5) is 15.9. The van der Waals surface area contributed by atoms with Crippen LogP contribution in [0, 0.1) is 18.3 Å². The lowest BCUT2D eigenvalue weighted by atomic mass is 9.99. The molecule has 0 radical (unpaired) electrons. The van der Waals surface area contributed by atoms with Gasteiger partial charge in [0.25, 0.3) is 0 Å². The number of nitrogens with one attached hydrogen (secondary N) is 1. The third-order valence-corrected chi connectivity index (χ3v) is 3.95. The van der Waals surface area contributed by atoms with E-state index in [1.54, 1.807) is 31.5 Å². The summed E-state index contributed by atoms with van der Waals surface area (Å²) in [5.41, 5.74) is 3.28. The van der Waals surface area contributed by atoms with Crippen molar-refractivity contribution < 1.29 is 9.53 Å². The summed E-state index contributed by atoms with van der Waals surface area (Å²) in [6.07, 6.45) is 3.26. The number of Topliss-reactive ketones (excluding diaryl/α,β-unsaturated/α-hetero) is 1. The van der Waals surface area contributed by atoms with Gasteiger partial charge >= 0.3 is 0 Å². The Morgan fingerprint density at radius 1 is 1.21 bits per heavy atom. The second-order valence-electron chi connectivity index (χ2n) is 5.47. The van der Waals surface area contributed by atoms with Gasteiger partial charge in [0.05, 0.1) is 7.11 Å². The smallest absolute Gasteiger partial charge is 0.205 e. The number of hydrogen-bond acceptors (Lipinski definition) is 3. The molecule has 0 aliphatic rings. The molecule has 0 fully saturated rings. The number of hydrogen-bond donors (Lipinski definition) is 1. The maximum atomic E-state index is 12.8. The Hall–Kier alpha value is -3.32. The van der Waals surface area contributed by atoms with Gasteiger partial charge in [0.1, 0.15) is 17.4 Å². The largest absolute Gasteiger partial charge is 0.497 e. The summed E-state index contributed by atoms with van der Waals surface area (Å²) >= 11 is 0. The van der Waals surface area contributed by atoms with Crippen LogP contribution < -0.4 is 4.74 Å². The average molecular weight is 316 g/mol. The standard InChI is InChI=1S/C20H16N2O2/c1-13-4-3-5-18-19(13)17(12-22-18)20(23)15(11-21)10-14-6-8-16(24-2)9-7-14/h3-10,12,22H,1-2H3. The molecule has 0 amide bonds. The number of aromatic amines is 1. The topological polar surface area (TPSA) is 65.9 Å². The predicted octanol–water partition coefficient (Wildman–Crippen LogP) is 4.27. The molecule has 4 heteroatoms. The summed E-state index contributed by atoms with van der Waals surface area (Å²) in [7, 11) is 1.59. The van der Waals surface area contributed by atoms with E-state index in [-0.39, 0.29) is 11.4 Å². The summed E-state index contributed by atoms with van der Waals surface area (Å²) in [5, 5.41) is 10.3. The maximum absolute atomic E-state index is 12.8. The van der Waals surface area contributed by atoms with Crippen molar-refractivity contribution in [1.29, 1.82) is 5.26 Å². The van der Waals surface area contributed by atoms with Gasteiger partial charge in [0.15, 0.2) is 0 Å². The summed E-state index contributed by atoms with van der Waals surface area (Å²) in [6, 6.07) is 15.0. The van der Waals surface area contributed by atoms with Gasteiger partial charge in [0.2, 0.25) is 5.78 Å². The molecule has 4 nitrogen and oxygen atoms in total. The van der Waals surface area contributed by atoms with Gasteiger partial charge in [-0.15, -0.1) is 0 Å². The van der Waals surface area contributed by atoms with E-state index in [4.69, 9.17) is 4.74 Å². The van der Waals surface area contributed by atoms with Crippen molar-refractivity contribution in [2.45, 2.75) is 6.92 Å². The number of benzene rings is 2. The van der Waals surface area contributed by atoms with Crippen LogP contribution in [0.1, 0.15) is 21.5 Å². The number of nitriles is 1.